The molecule has 5 heteroatoms. The summed E-state index contributed by atoms with van der Waals surface area (Å²) < 4.78 is 5.24. The van der Waals surface area contributed by atoms with Crippen LogP contribution >= 0.6 is 0 Å². The van der Waals surface area contributed by atoms with E-state index in [0.29, 0.717) is 13.1 Å². The molecule has 3 N–H and O–H groups in total. The Kier molecular flexibility index (Phi) is 4.92. The van der Waals surface area contributed by atoms with E-state index in [2.05, 4.69) is 39.9 Å². The minimum Gasteiger partial charge on any atom is -0.467 e. The first-order valence-corrected chi connectivity index (χ1v) is 8.96. The van der Waals surface area contributed by atoms with E-state index in [-0.39, 0.29) is 11.9 Å². The molecule has 0 radical (unpaired) electrons. The molecule has 0 aliphatic heterocycles. The number of hydrogen-bond acceptors (Lipinski definition) is 2. The van der Waals surface area contributed by atoms with Gasteiger partial charge in [-0.15, -0.1) is 0 Å². The molecule has 4 aromatic rings. The average Bonchev–Trinajstić information content (AvgIpc) is 3.38. The number of nitrogens with one attached hydrogen (secondary N) is 3. The zero-order chi connectivity index (χ0) is 18.5. The van der Waals surface area contributed by atoms with Gasteiger partial charge in [-0.05, 0) is 29.3 Å². The maximum Gasteiger partial charge on any atom is 0.315 e. The molecule has 0 bridgehead atoms. The van der Waals surface area contributed by atoms with E-state index in [0.717, 1.165) is 16.8 Å². The number of benzene rings is 2. The van der Waals surface area contributed by atoms with Gasteiger partial charge in [-0.3, -0.25) is 0 Å². The van der Waals surface area contributed by atoms with Crippen LogP contribution in [0.25, 0.3) is 10.9 Å². The van der Waals surface area contributed by atoms with E-state index < -0.39 is 0 Å². The monoisotopic (exact) mass is 359 g/mol. The summed E-state index contributed by atoms with van der Waals surface area (Å²) in [7, 11) is 0. The number of carbonyl (C=O) groups is 1. The molecule has 5 nitrogen and oxygen atoms in total. The molecule has 2 aromatic heterocycles. The highest BCUT2D eigenvalue weighted by molar-refractivity contribution is 5.84. The molecule has 1 atom stereocenters. The lowest BCUT2D eigenvalue weighted by atomic mass is 9.91. The second-order valence-corrected chi connectivity index (χ2v) is 6.40. The lowest BCUT2D eigenvalue weighted by Crippen LogP contribution is -2.37. The summed E-state index contributed by atoms with van der Waals surface area (Å²) in [6, 6.07) is 21.9. The summed E-state index contributed by atoms with van der Waals surface area (Å²) in [5.74, 6) is 0.776. The lowest BCUT2D eigenvalue weighted by Gasteiger charge is -2.18. The SMILES string of the molecule is O=C(NCc1ccco1)NC[C@@H](c1ccccc1)c1c[nH]c2ccccc12. The van der Waals surface area contributed by atoms with Crippen LogP contribution in [0.2, 0.25) is 0 Å². The van der Waals surface area contributed by atoms with Crippen LogP contribution in [0.15, 0.2) is 83.6 Å². The van der Waals surface area contributed by atoms with Crippen molar-refractivity contribution < 1.29 is 9.21 Å². The largest absolute Gasteiger partial charge is 0.467 e. The first-order chi connectivity index (χ1) is 13.3. The summed E-state index contributed by atoms with van der Waals surface area (Å²) in [6.07, 6.45) is 3.63. The van der Waals surface area contributed by atoms with Crippen LogP contribution in [-0.2, 0) is 6.54 Å². The predicted octanol–water partition coefficient (Wildman–Crippen LogP) is 4.39. The van der Waals surface area contributed by atoms with Crippen molar-refractivity contribution in [3.8, 4) is 0 Å². The summed E-state index contributed by atoms with van der Waals surface area (Å²) in [5, 5.41) is 6.98. The third-order valence-corrected chi connectivity index (χ3v) is 4.67. The molecular weight excluding hydrogens is 338 g/mol. The Hall–Kier alpha value is -3.47. The molecule has 2 aromatic carbocycles. The second kappa shape index (κ2) is 7.83. The number of furan rings is 1. The summed E-state index contributed by atoms with van der Waals surface area (Å²) in [4.78, 5) is 15.6. The number of fused-ring (bicyclic) bond motifs is 1. The van der Waals surface area contributed by atoms with Gasteiger partial charge in [0.2, 0.25) is 0 Å². The molecule has 0 aliphatic rings. The van der Waals surface area contributed by atoms with Gasteiger partial charge >= 0.3 is 6.03 Å². The van der Waals surface area contributed by atoms with Gasteiger partial charge in [0.15, 0.2) is 0 Å². The Labute approximate surface area is 157 Å². The Bertz CT molecular complexity index is 1010. The van der Waals surface area contributed by atoms with Crippen molar-refractivity contribution >= 4 is 16.9 Å². The van der Waals surface area contributed by atoms with E-state index in [9.17, 15) is 4.79 Å². The molecule has 2 amide bonds. The van der Waals surface area contributed by atoms with Crippen LogP contribution in [0.4, 0.5) is 4.79 Å². The molecular formula is C22H21N3O2. The minimum atomic E-state index is -0.216. The van der Waals surface area contributed by atoms with E-state index >= 15 is 0 Å². The lowest BCUT2D eigenvalue weighted by molar-refractivity contribution is 0.239. The minimum absolute atomic E-state index is 0.0525. The number of urea groups is 1. The number of amides is 2. The first-order valence-electron chi connectivity index (χ1n) is 8.96. The fraction of sp³-hybridized carbons (Fsp3) is 0.136. The van der Waals surface area contributed by atoms with Crippen molar-refractivity contribution in [2.45, 2.75) is 12.5 Å². The third-order valence-electron chi connectivity index (χ3n) is 4.67. The van der Waals surface area contributed by atoms with Crippen molar-refractivity contribution in [3.63, 3.8) is 0 Å². The van der Waals surface area contributed by atoms with Crippen LogP contribution in [0.3, 0.4) is 0 Å². The van der Waals surface area contributed by atoms with Crippen molar-refractivity contribution in [1.29, 1.82) is 0 Å². The van der Waals surface area contributed by atoms with Crippen molar-refractivity contribution in [1.82, 2.24) is 15.6 Å². The molecule has 0 saturated heterocycles. The normalized spacial score (nSPS) is 12.0. The number of hydrogen-bond donors (Lipinski definition) is 3. The first kappa shape index (κ1) is 17.0. The highest BCUT2D eigenvalue weighted by Crippen LogP contribution is 2.30. The van der Waals surface area contributed by atoms with Crippen molar-refractivity contribution in [2.24, 2.45) is 0 Å². The van der Waals surface area contributed by atoms with E-state index in [1.54, 1.807) is 12.3 Å². The summed E-state index contributed by atoms with van der Waals surface area (Å²) in [6.45, 7) is 0.859. The van der Waals surface area contributed by atoms with Crippen LogP contribution < -0.4 is 10.6 Å². The van der Waals surface area contributed by atoms with E-state index in [4.69, 9.17) is 4.42 Å². The Morgan fingerprint density at radius 3 is 2.59 bits per heavy atom. The van der Waals surface area contributed by atoms with Crippen LogP contribution in [0.5, 0.6) is 0 Å². The second-order valence-electron chi connectivity index (χ2n) is 6.40. The maximum atomic E-state index is 12.2. The zero-order valence-electron chi connectivity index (χ0n) is 14.8. The standard InChI is InChI=1S/C22H21N3O2/c26-22(24-13-17-9-6-12-27-17)25-14-19(16-7-2-1-3-8-16)20-15-23-21-11-5-4-10-18(20)21/h1-12,15,19,23H,13-14H2,(H2,24,25,26)/t19-/m0/s1. The number of rotatable bonds is 6. The van der Waals surface area contributed by atoms with Crippen LogP contribution in [0.1, 0.15) is 22.8 Å². The Morgan fingerprint density at radius 2 is 1.78 bits per heavy atom. The van der Waals surface area contributed by atoms with Gasteiger partial charge in [0.1, 0.15) is 5.76 Å². The molecule has 0 saturated carbocycles. The van der Waals surface area contributed by atoms with Crippen molar-refractivity contribution in [3.05, 3.63) is 96.1 Å². The zero-order valence-corrected chi connectivity index (χ0v) is 14.8. The number of carbonyl (C=O) groups excluding carboxylic acids is 1. The van der Waals surface area contributed by atoms with Gasteiger partial charge in [0.05, 0.1) is 12.8 Å². The number of aromatic amines is 1. The van der Waals surface area contributed by atoms with Gasteiger partial charge in [0.25, 0.3) is 0 Å². The third kappa shape index (κ3) is 3.87. The highest BCUT2D eigenvalue weighted by Gasteiger charge is 2.18. The summed E-state index contributed by atoms with van der Waals surface area (Å²) >= 11 is 0. The number of para-hydroxylation sites is 1. The summed E-state index contributed by atoms with van der Waals surface area (Å²) in [5.41, 5.74) is 3.42. The Balaban J connectivity index is 1.51. The topological polar surface area (TPSA) is 70.1 Å². The van der Waals surface area contributed by atoms with Gasteiger partial charge in [0, 0.05) is 29.6 Å². The van der Waals surface area contributed by atoms with E-state index in [1.165, 1.54) is 10.9 Å². The number of H-pyrrole nitrogens is 1. The van der Waals surface area contributed by atoms with Crippen LogP contribution in [-0.4, -0.2) is 17.6 Å². The molecule has 2 heterocycles. The van der Waals surface area contributed by atoms with Crippen LogP contribution in [0, 0.1) is 0 Å². The smallest absolute Gasteiger partial charge is 0.315 e. The predicted molar refractivity (Wildman–Crippen MR) is 106 cm³/mol. The maximum absolute atomic E-state index is 12.2. The fourth-order valence-electron chi connectivity index (χ4n) is 3.31. The molecule has 0 fully saturated rings. The Morgan fingerprint density at radius 1 is 0.963 bits per heavy atom. The van der Waals surface area contributed by atoms with Gasteiger partial charge in [-0.1, -0.05) is 48.5 Å². The van der Waals surface area contributed by atoms with Gasteiger partial charge < -0.3 is 20.0 Å². The molecule has 27 heavy (non-hydrogen) atoms. The van der Waals surface area contributed by atoms with Crippen molar-refractivity contribution in [2.75, 3.05) is 6.54 Å². The average molecular weight is 359 g/mol. The molecule has 136 valence electrons. The quantitative estimate of drug-likeness (QED) is 0.478. The molecule has 4 rings (SSSR count). The molecule has 0 unspecified atom stereocenters. The number of aromatic nitrogens is 1. The molecule has 0 aliphatic carbocycles. The van der Waals surface area contributed by atoms with Gasteiger partial charge in [-0.2, -0.15) is 0 Å². The highest BCUT2D eigenvalue weighted by atomic mass is 16.3. The van der Waals surface area contributed by atoms with E-state index in [1.807, 2.05) is 42.6 Å². The fourth-order valence-corrected chi connectivity index (χ4v) is 3.31. The van der Waals surface area contributed by atoms with Gasteiger partial charge in [-0.25, -0.2) is 4.79 Å². The molecule has 0 spiro atoms.